The Bertz CT molecular complexity index is 4400. The van der Waals surface area contributed by atoms with Crippen molar-refractivity contribution in [1.29, 1.82) is 0 Å². The Morgan fingerprint density at radius 3 is 0.805 bits per heavy atom. The quantitative estimate of drug-likeness (QED) is 0.114. The first-order valence-corrected chi connectivity index (χ1v) is 30.8. The fourth-order valence-corrected chi connectivity index (χ4v) is 15.9. The second-order valence-corrected chi connectivity index (χ2v) is 25.3. The van der Waals surface area contributed by atoms with Gasteiger partial charge in [-0.05, 0) is 70.8 Å². The molecule has 404 valence electrons. The molecular formula is C60H34F6N8S8. The zero-order valence-electron chi connectivity index (χ0n) is 42.4. The van der Waals surface area contributed by atoms with Crippen LogP contribution < -0.4 is 0 Å². The molecule has 2 aliphatic heterocycles. The van der Waals surface area contributed by atoms with Gasteiger partial charge in [0.2, 0.25) is 0 Å². The standard InChI is InChI=1S/C30H18F4N4S4.C30H16F2N4S4/c1-29(31,32)17-7-3-15(4-8-17)19-11-13-21(39-19)23-25-27(37-41-35-25)24(28-26(23)36-42-38-28)22-14-12-20(40-22)16-5-9-18(10-6-16)30(2,33)34;1-15(31)17-3-7-19(8-4-17)21-11-13-23(37-21)25-27-29(35-39-33-27)26(30-28(25)34-40-36-30)24-14-12-22(38-24)20-9-5-18(6-10-20)16(2)32/h3-14H,1-2H3;3-14H,1-2H2. The molecule has 6 aromatic carbocycles. The molecule has 0 aliphatic carbocycles. The lowest BCUT2D eigenvalue weighted by atomic mass is 10.0. The summed E-state index contributed by atoms with van der Waals surface area (Å²) in [5.74, 6) is -6.69. The number of hydrogen-bond donors (Lipinski definition) is 0. The molecule has 0 N–H and O–H groups in total. The van der Waals surface area contributed by atoms with E-state index in [-0.39, 0.29) is 11.1 Å². The van der Waals surface area contributed by atoms with E-state index in [1.807, 2.05) is 48.5 Å². The van der Waals surface area contributed by atoms with Crippen LogP contribution in [0.3, 0.4) is 0 Å². The number of nitrogens with zero attached hydrogens (tertiary/aromatic N) is 8. The van der Waals surface area contributed by atoms with E-state index in [1.54, 1.807) is 71.2 Å². The smallest absolute Gasteiger partial charge is 0.207 e. The molecule has 0 saturated carbocycles. The number of thiophene rings is 4. The van der Waals surface area contributed by atoms with Crippen molar-refractivity contribution >= 4 is 148 Å². The van der Waals surface area contributed by atoms with Gasteiger partial charge in [0.1, 0.15) is 56.5 Å². The zero-order valence-corrected chi connectivity index (χ0v) is 48.9. The molecule has 0 atom stereocenters. The molecule has 0 bridgehead atoms. The van der Waals surface area contributed by atoms with E-state index >= 15 is 0 Å². The van der Waals surface area contributed by atoms with E-state index in [9.17, 15) is 26.3 Å². The van der Waals surface area contributed by atoms with E-state index in [0.29, 0.717) is 33.5 Å². The number of halogens is 6. The minimum absolute atomic E-state index is 0.0274. The molecule has 6 aromatic heterocycles. The Labute approximate surface area is 495 Å². The molecule has 0 radical (unpaired) electrons. The van der Waals surface area contributed by atoms with Crippen molar-refractivity contribution < 1.29 is 26.3 Å². The van der Waals surface area contributed by atoms with Crippen molar-refractivity contribution in [2.45, 2.75) is 25.7 Å². The maximum absolute atomic E-state index is 13.7. The van der Waals surface area contributed by atoms with Crippen LogP contribution in [0.5, 0.6) is 0 Å². The third-order valence-electron chi connectivity index (χ3n) is 13.6. The van der Waals surface area contributed by atoms with Crippen LogP contribution in [-0.4, -0.2) is 17.5 Å². The van der Waals surface area contributed by atoms with Crippen molar-refractivity contribution in [1.82, 2.24) is 17.5 Å². The van der Waals surface area contributed by atoms with E-state index in [4.69, 9.17) is 17.5 Å². The van der Waals surface area contributed by atoms with E-state index in [0.717, 1.165) is 143 Å². The molecule has 2 aliphatic rings. The number of hydrogen-bond acceptors (Lipinski definition) is 14. The lowest BCUT2D eigenvalue weighted by Crippen LogP contribution is -2.06. The Kier molecular flexibility index (Phi) is 14.0. The highest BCUT2D eigenvalue weighted by Gasteiger charge is 2.31. The fraction of sp³-hybridized carbons (Fsp3) is 0.0667. The molecule has 8 nitrogen and oxygen atoms in total. The van der Waals surface area contributed by atoms with Gasteiger partial charge in [-0.25, -0.2) is 26.3 Å². The number of fused-ring (bicyclic) bond motifs is 4. The first-order valence-electron chi connectivity index (χ1n) is 24.7. The second kappa shape index (κ2) is 21.3. The molecule has 8 heterocycles. The highest BCUT2D eigenvalue weighted by molar-refractivity contribution is 7.58. The molecule has 14 rings (SSSR count). The Balaban J connectivity index is 0.000000154. The van der Waals surface area contributed by atoms with Crippen molar-refractivity contribution in [3.8, 4) is 83.5 Å². The molecule has 0 spiro atoms. The summed E-state index contributed by atoms with van der Waals surface area (Å²) in [7, 11) is 0. The minimum Gasteiger partial charge on any atom is -0.207 e. The normalized spacial score (nSPS) is 12.6. The van der Waals surface area contributed by atoms with Crippen LogP contribution in [-0.2, 0) is 34.6 Å². The number of benzene rings is 6. The van der Waals surface area contributed by atoms with Crippen LogP contribution in [0.1, 0.15) is 36.1 Å². The summed E-state index contributed by atoms with van der Waals surface area (Å²) in [5.41, 5.74) is 14.1. The van der Waals surface area contributed by atoms with Crippen LogP contribution in [0.25, 0.3) is 117 Å². The van der Waals surface area contributed by atoms with Gasteiger partial charge in [-0.15, -0.1) is 45.3 Å². The van der Waals surface area contributed by atoms with Crippen LogP contribution in [0, 0.1) is 0 Å². The van der Waals surface area contributed by atoms with Crippen LogP contribution in [0.2, 0.25) is 0 Å². The van der Waals surface area contributed by atoms with Gasteiger partial charge in [0.05, 0.1) is 46.2 Å². The molecule has 12 aromatic rings. The summed E-state index contributed by atoms with van der Waals surface area (Å²) in [6.07, 6.45) is 0. The summed E-state index contributed by atoms with van der Waals surface area (Å²) in [6, 6.07) is 43.3. The molecule has 0 amide bonds. The monoisotopic (exact) mass is 1240 g/mol. The van der Waals surface area contributed by atoms with Gasteiger partial charge < -0.3 is 0 Å². The van der Waals surface area contributed by atoms with Crippen molar-refractivity contribution in [2.75, 3.05) is 0 Å². The lowest BCUT2D eigenvalue weighted by molar-refractivity contribution is 0.0168. The highest BCUT2D eigenvalue weighted by Crippen LogP contribution is 2.57. The van der Waals surface area contributed by atoms with Crippen LogP contribution in [0.4, 0.5) is 49.1 Å². The van der Waals surface area contributed by atoms with E-state index < -0.39 is 23.5 Å². The van der Waals surface area contributed by atoms with E-state index in [1.165, 1.54) is 70.0 Å². The Morgan fingerprint density at radius 1 is 0.341 bits per heavy atom. The summed E-state index contributed by atoms with van der Waals surface area (Å²) < 4.78 is 119. The molecule has 82 heavy (non-hydrogen) atoms. The largest absolute Gasteiger partial charge is 0.270 e. The average Bonchev–Trinajstić information content (AvgIpc) is 2.93. The first-order chi connectivity index (χ1) is 39.6. The molecule has 0 saturated heterocycles. The van der Waals surface area contributed by atoms with E-state index in [2.05, 4.69) is 54.9 Å². The highest BCUT2D eigenvalue weighted by atomic mass is 32.1. The molecule has 0 unspecified atom stereocenters. The van der Waals surface area contributed by atoms with Gasteiger partial charge in [0.15, 0.2) is 0 Å². The third-order valence-corrected chi connectivity index (χ3v) is 20.3. The average molecular weight is 1240 g/mol. The maximum Gasteiger partial charge on any atom is 0.270 e. The van der Waals surface area contributed by atoms with Crippen molar-refractivity contribution in [3.05, 3.63) is 181 Å². The molecule has 22 heteroatoms. The minimum atomic E-state index is -2.89. The maximum atomic E-state index is 13.7. The SMILES string of the molecule is C=C(F)c1ccc(-c2ccc(-c3c4c(c(-c5ccc(-c6ccc(C(=C)F)cc6)s5)c5nsnc35)N=S=N4)s2)cc1.CC(F)(F)c1ccc(-c2ccc(-c3c4c(c(-c5ccc(-c6ccc(C(C)(F)F)cc6)s5)c5nsnc35)N=S=N4)s2)cc1. The second-order valence-electron chi connectivity index (χ2n) is 18.9. The molecular weight excluding hydrogens is 1200 g/mol. The van der Waals surface area contributed by atoms with Crippen LogP contribution in [0.15, 0.2) is 176 Å². The van der Waals surface area contributed by atoms with Gasteiger partial charge >= 0.3 is 0 Å². The molecule has 0 fully saturated rings. The third kappa shape index (κ3) is 9.99. The summed E-state index contributed by atoms with van der Waals surface area (Å²) in [6.45, 7) is 8.52. The fourth-order valence-electron chi connectivity index (χ4n) is 9.44. The van der Waals surface area contributed by atoms with Gasteiger partial charge in [0.25, 0.3) is 11.8 Å². The summed E-state index contributed by atoms with van der Waals surface area (Å²) in [5, 5.41) is 0. The zero-order chi connectivity index (χ0) is 56.6. The van der Waals surface area contributed by atoms with Crippen molar-refractivity contribution in [3.63, 3.8) is 0 Å². The predicted molar refractivity (Wildman–Crippen MR) is 332 cm³/mol. The summed E-state index contributed by atoms with van der Waals surface area (Å²) >= 11 is 10.9. The predicted octanol–water partition coefficient (Wildman–Crippen LogP) is 22.5. The Hall–Kier alpha value is -7.54. The lowest BCUT2D eigenvalue weighted by Gasteiger charge is -2.11. The van der Waals surface area contributed by atoms with Gasteiger partial charge in [0, 0.05) is 97.4 Å². The number of aromatic nitrogens is 4. The van der Waals surface area contributed by atoms with Crippen LogP contribution >= 0.6 is 68.8 Å². The Morgan fingerprint density at radius 2 is 0.573 bits per heavy atom. The first kappa shape index (κ1) is 53.8. The topological polar surface area (TPSA) is 101 Å². The van der Waals surface area contributed by atoms with Gasteiger partial charge in [-0.2, -0.15) is 34.9 Å². The van der Waals surface area contributed by atoms with Crippen molar-refractivity contribution in [2.24, 2.45) is 17.5 Å². The number of rotatable bonds is 12. The summed E-state index contributed by atoms with van der Waals surface area (Å²) in [4.78, 5) is 7.84. The number of alkyl halides is 4. The van der Waals surface area contributed by atoms with Gasteiger partial charge in [-0.3, -0.25) is 0 Å². The van der Waals surface area contributed by atoms with Gasteiger partial charge in [-0.1, -0.05) is 110 Å².